The van der Waals surface area contributed by atoms with Crippen molar-refractivity contribution in [1.82, 2.24) is 0 Å². The van der Waals surface area contributed by atoms with Crippen LogP contribution in [0.25, 0.3) is 0 Å². The largest absolute Gasteiger partial charge is 0.469 e. The van der Waals surface area contributed by atoms with E-state index in [2.05, 4.69) is 27.8 Å². The van der Waals surface area contributed by atoms with Crippen LogP contribution >= 0.6 is 15.9 Å². The monoisotopic (exact) mass is 381 g/mol. The Morgan fingerprint density at radius 2 is 2.04 bits per heavy atom. The molecule has 0 N–H and O–H groups in total. The van der Waals surface area contributed by atoms with E-state index < -0.39 is 0 Å². The molecule has 1 aromatic carbocycles. The molecule has 1 aromatic rings. The van der Waals surface area contributed by atoms with Gasteiger partial charge in [-0.05, 0) is 56.7 Å². The number of carbonyl (C=O) groups is 2. The van der Waals surface area contributed by atoms with Crippen LogP contribution < -0.4 is 4.90 Å². The molecule has 0 aromatic heterocycles. The third-order valence-corrected chi connectivity index (χ3v) is 5.20. The van der Waals surface area contributed by atoms with Gasteiger partial charge >= 0.3 is 5.97 Å². The number of hydrogen-bond donors (Lipinski definition) is 0. The first-order valence-electron chi connectivity index (χ1n) is 8.17. The summed E-state index contributed by atoms with van der Waals surface area (Å²) in [7, 11) is 1.45. The van der Waals surface area contributed by atoms with Crippen molar-refractivity contribution >= 4 is 33.9 Å². The van der Waals surface area contributed by atoms with Crippen LogP contribution in [-0.2, 0) is 9.53 Å². The number of benzene rings is 1. The number of hydrogen-bond acceptors (Lipinski definition) is 4. The van der Waals surface area contributed by atoms with E-state index in [1.807, 2.05) is 18.2 Å². The molecule has 0 amide bonds. The van der Waals surface area contributed by atoms with E-state index >= 15 is 0 Å². The van der Waals surface area contributed by atoms with E-state index in [1.165, 1.54) is 7.11 Å². The second-order valence-electron chi connectivity index (χ2n) is 6.06. The molecule has 2 rings (SSSR count). The maximum Gasteiger partial charge on any atom is 0.305 e. The molecule has 0 radical (unpaired) electrons. The van der Waals surface area contributed by atoms with E-state index in [0.29, 0.717) is 18.4 Å². The molecular weight excluding hydrogens is 358 g/mol. The minimum atomic E-state index is -0.114. The van der Waals surface area contributed by atoms with Crippen LogP contribution in [0.5, 0.6) is 0 Å². The van der Waals surface area contributed by atoms with Gasteiger partial charge in [-0.15, -0.1) is 0 Å². The summed E-state index contributed by atoms with van der Waals surface area (Å²) in [6.45, 7) is 2.99. The molecule has 0 unspecified atom stereocenters. The van der Waals surface area contributed by atoms with Crippen molar-refractivity contribution < 1.29 is 14.3 Å². The first kappa shape index (κ1) is 18.0. The molecule has 0 spiro atoms. The molecule has 0 aliphatic heterocycles. The van der Waals surface area contributed by atoms with Gasteiger partial charge in [-0.25, -0.2) is 0 Å². The smallest absolute Gasteiger partial charge is 0.305 e. The molecule has 5 heteroatoms. The summed E-state index contributed by atoms with van der Waals surface area (Å²) in [5, 5.41) is 0. The first-order chi connectivity index (χ1) is 11.1. The van der Waals surface area contributed by atoms with Crippen LogP contribution in [0.4, 0.5) is 5.69 Å². The number of halogens is 1. The summed E-state index contributed by atoms with van der Waals surface area (Å²) in [6, 6.07) is 6.29. The lowest BCUT2D eigenvalue weighted by Crippen LogP contribution is -2.39. The van der Waals surface area contributed by atoms with Crippen LogP contribution in [0.2, 0.25) is 0 Å². The lowest BCUT2D eigenvalue weighted by Gasteiger charge is -2.38. The first-order valence-corrected chi connectivity index (χ1v) is 8.96. The fourth-order valence-corrected chi connectivity index (χ4v) is 3.87. The van der Waals surface area contributed by atoms with Crippen LogP contribution in [0.3, 0.4) is 0 Å². The molecule has 1 aliphatic rings. The van der Waals surface area contributed by atoms with Crippen molar-refractivity contribution in [3.63, 3.8) is 0 Å². The highest BCUT2D eigenvalue weighted by Crippen LogP contribution is 2.34. The molecule has 1 saturated carbocycles. The Hall–Kier alpha value is -1.36. The number of anilines is 1. The maximum atomic E-state index is 11.4. The third-order valence-electron chi connectivity index (χ3n) is 4.71. The standard InChI is InChI=1S/C18H24BrNO3/c1-3-20(17-9-6-15(19)11-14(17)12-21)16-7-4-13(5-8-16)10-18(22)23-2/h6,9,11-13,16H,3-5,7-8,10H2,1-2H3. The van der Waals surface area contributed by atoms with Crippen molar-refractivity contribution in [3.8, 4) is 0 Å². The van der Waals surface area contributed by atoms with Crippen LogP contribution in [0.15, 0.2) is 22.7 Å². The number of ether oxygens (including phenoxy) is 1. The zero-order valence-corrected chi connectivity index (χ0v) is 15.3. The van der Waals surface area contributed by atoms with Gasteiger partial charge in [0.1, 0.15) is 0 Å². The number of rotatable bonds is 6. The van der Waals surface area contributed by atoms with Crippen LogP contribution in [-0.4, -0.2) is 32.0 Å². The number of carbonyl (C=O) groups excluding carboxylic acids is 2. The van der Waals surface area contributed by atoms with Gasteiger partial charge in [0.2, 0.25) is 0 Å². The Morgan fingerprint density at radius 3 is 2.61 bits per heavy atom. The van der Waals surface area contributed by atoms with Crippen molar-refractivity contribution in [2.75, 3.05) is 18.6 Å². The minimum absolute atomic E-state index is 0.114. The second kappa shape index (κ2) is 8.48. The van der Waals surface area contributed by atoms with E-state index in [9.17, 15) is 9.59 Å². The normalized spacial score (nSPS) is 20.8. The maximum absolute atomic E-state index is 11.4. The summed E-state index contributed by atoms with van der Waals surface area (Å²) in [4.78, 5) is 25.1. The molecule has 0 heterocycles. The molecular formula is C18H24BrNO3. The topological polar surface area (TPSA) is 46.6 Å². The van der Waals surface area contributed by atoms with Gasteiger partial charge in [0.05, 0.1) is 7.11 Å². The second-order valence-corrected chi connectivity index (χ2v) is 6.98. The Balaban J connectivity index is 2.06. The van der Waals surface area contributed by atoms with E-state index in [0.717, 1.165) is 54.2 Å². The fourth-order valence-electron chi connectivity index (χ4n) is 3.49. The van der Waals surface area contributed by atoms with Gasteiger partial charge in [0, 0.05) is 34.7 Å². The van der Waals surface area contributed by atoms with Crippen molar-refractivity contribution in [1.29, 1.82) is 0 Å². The Morgan fingerprint density at radius 1 is 1.35 bits per heavy atom. The SMILES string of the molecule is CCN(c1ccc(Br)cc1C=O)C1CCC(CC(=O)OC)CC1. The Kier molecular flexibility index (Phi) is 6.63. The molecule has 1 aliphatic carbocycles. The molecule has 4 nitrogen and oxygen atoms in total. The highest BCUT2D eigenvalue weighted by molar-refractivity contribution is 9.10. The number of methoxy groups -OCH3 is 1. The molecule has 0 bridgehead atoms. The number of aldehydes is 1. The van der Waals surface area contributed by atoms with Crippen molar-refractivity contribution in [2.45, 2.75) is 45.1 Å². The number of nitrogens with zero attached hydrogens (tertiary/aromatic N) is 1. The summed E-state index contributed by atoms with van der Waals surface area (Å²) < 4.78 is 5.68. The Bertz CT molecular complexity index is 553. The summed E-state index contributed by atoms with van der Waals surface area (Å²) >= 11 is 3.42. The van der Waals surface area contributed by atoms with Crippen LogP contribution in [0, 0.1) is 5.92 Å². The van der Waals surface area contributed by atoms with Gasteiger partial charge in [-0.1, -0.05) is 15.9 Å². The third kappa shape index (κ3) is 4.56. The van der Waals surface area contributed by atoms with Gasteiger partial charge < -0.3 is 9.64 Å². The minimum Gasteiger partial charge on any atom is -0.469 e. The highest BCUT2D eigenvalue weighted by atomic mass is 79.9. The van der Waals surface area contributed by atoms with Gasteiger partial charge in [0.25, 0.3) is 0 Å². The molecule has 23 heavy (non-hydrogen) atoms. The lowest BCUT2D eigenvalue weighted by molar-refractivity contribution is -0.142. The average Bonchev–Trinajstić information content (AvgIpc) is 2.58. The summed E-state index contributed by atoms with van der Waals surface area (Å²) in [5.74, 6) is 0.310. The Labute approximate surface area is 146 Å². The van der Waals surface area contributed by atoms with Crippen molar-refractivity contribution in [3.05, 3.63) is 28.2 Å². The average molecular weight is 382 g/mol. The van der Waals surface area contributed by atoms with Crippen LogP contribution in [0.1, 0.15) is 49.4 Å². The molecule has 0 atom stereocenters. The predicted octanol–water partition coefficient (Wildman–Crippen LogP) is 4.21. The van der Waals surface area contributed by atoms with E-state index in [1.54, 1.807) is 0 Å². The van der Waals surface area contributed by atoms with Gasteiger partial charge in [0.15, 0.2) is 6.29 Å². The molecule has 0 saturated heterocycles. The quantitative estimate of drug-likeness (QED) is 0.546. The van der Waals surface area contributed by atoms with Gasteiger partial charge in [-0.2, -0.15) is 0 Å². The predicted molar refractivity (Wildman–Crippen MR) is 94.9 cm³/mol. The number of esters is 1. The van der Waals surface area contributed by atoms with Gasteiger partial charge in [-0.3, -0.25) is 9.59 Å². The van der Waals surface area contributed by atoms with E-state index in [-0.39, 0.29) is 5.97 Å². The summed E-state index contributed by atoms with van der Waals surface area (Å²) in [5.41, 5.74) is 1.72. The zero-order chi connectivity index (χ0) is 16.8. The lowest BCUT2D eigenvalue weighted by atomic mass is 9.83. The summed E-state index contributed by atoms with van der Waals surface area (Å²) in [6.07, 6.45) is 5.60. The van der Waals surface area contributed by atoms with E-state index in [4.69, 9.17) is 4.74 Å². The molecule has 1 fully saturated rings. The fraction of sp³-hybridized carbons (Fsp3) is 0.556. The zero-order valence-electron chi connectivity index (χ0n) is 13.8. The highest BCUT2D eigenvalue weighted by Gasteiger charge is 2.27. The molecule has 126 valence electrons. The van der Waals surface area contributed by atoms with Crippen molar-refractivity contribution in [2.24, 2.45) is 5.92 Å².